The van der Waals surface area contributed by atoms with E-state index in [1.165, 1.54) is 12.1 Å². The highest BCUT2D eigenvalue weighted by atomic mass is 19.4. The van der Waals surface area contributed by atoms with Gasteiger partial charge in [0.25, 0.3) is 0 Å². The molecular formula is C29H33F3N4O3. The number of Topliss-reactive ketones (excluding diaryl/α,β-unsaturated/α-hetero) is 2. The van der Waals surface area contributed by atoms with Crippen molar-refractivity contribution in [3.05, 3.63) is 76.6 Å². The van der Waals surface area contributed by atoms with Crippen molar-refractivity contribution in [1.29, 1.82) is 0 Å². The molecule has 3 aliphatic rings. The van der Waals surface area contributed by atoms with E-state index >= 15 is 0 Å². The molecule has 0 bridgehead atoms. The molecule has 0 radical (unpaired) electrons. The predicted octanol–water partition coefficient (Wildman–Crippen LogP) is 4.20. The van der Waals surface area contributed by atoms with Crippen LogP contribution in [-0.4, -0.2) is 56.3 Å². The van der Waals surface area contributed by atoms with Crippen molar-refractivity contribution < 1.29 is 27.5 Å². The molecule has 10 heteroatoms. The standard InChI is InChI=1S/C29H33F3N4O3/c1-36(2)13-12-33-26-23(37)15-24(38)27(26)34-16-19-9-10-20-25(17-6-4-3-5-7-17)35-22-11-8-18(29(30,31)32)14-21(22)28(20)39-19/h3-8,11,14,19-20,25,28,33-35H,9-10,12-13,15-16H2,1-2H3/t19-,20+,25+,28+/m1/s1. The lowest BCUT2D eigenvalue weighted by Gasteiger charge is -2.46. The van der Waals surface area contributed by atoms with Crippen molar-refractivity contribution in [3.8, 4) is 0 Å². The predicted molar refractivity (Wildman–Crippen MR) is 141 cm³/mol. The Bertz CT molecular complexity index is 1260. The number of nitrogens with one attached hydrogen (secondary N) is 3. The monoisotopic (exact) mass is 542 g/mol. The molecule has 1 fully saturated rings. The Kier molecular flexibility index (Phi) is 7.68. The average molecular weight is 543 g/mol. The van der Waals surface area contributed by atoms with E-state index in [-0.39, 0.29) is 48.3 Å². The van der Waals surface area contributed by atoms with Crippen LogP contribution in [0.2, 0.25) is 0 Å². The minimum absolute atomic E-state index is 0.0724. The Morgan fingerprint density at radius 2 is 1.72 bits per heavy atom. The first-order chi connectivity index (χ1) is 18.6. The maximum atomic E-state index is 13.6. The molecule has 2 heterocycles. The molecule has 4 atom stereocenters. The van der Waals surface area contributed by atoms with Gasteiger partial charge in [-0.15, -0.1) is 0 Å². The third kappa shape index (κ3) is 5.81. The van der Waals surface area contributed by atoms with E-state index in [1.54, 1.807) is 0 Å². The van der Waals surface area contributed by atoms with Gasteiger partial charge in [-0.2, -0.15) is 13.2 Å². The maximum absolute atomic E-state index is 13.6. The van der Waals surface area contributed by atoms with E-state index < -0.39 is 17.8 Å². The highest BCUT2D eigenvalue weighted by Gasteiger charge is 2.44. The minimum atomic E-state index is -4.46. The lowest BCUT2D eigenvalue weighted by Crippen LogP contribution is -2.42. The molecule has 0 amide bonds. The van der Waals surface area contributed by atoms with Crippen molar-refractivity contribution in [3.63, 3.8) is 0 Å². The average Bonchev–Trinajstić information content (AvgIpc) is 3.17. The normalized spacial score (nSPS) is 24.9. The van der Waals surface area contributed by atoms with Crippen LogP contribution in [-0.2, 0) is 20.5 Å². The Morgan fingerprint density at radius 3 is 2.41 bits per heavy atom. The second-order valence-electron chi connectivity index (χ2n) is 10.6. The molecule has 0 aromatic heterocycles. The summed E-state index contributed by atoms with van der Waals surface area (Å²) in [5.41, 5.74) is 2.00. The van der Waals surface area contributed by atoms with Gasteiger partial charge in [-0.1, -0.05) is 30.3 Å². The minimum Gasteiger partial charge on any atom is -0.379 e. The van der Waals surface area contributed by atoms with Gasteiger partial charge in [-0.05, 0) is 50.7 Å². The van der Waals surface area contributed by atoms with Crippen LogP contribution in [0.5, 0.6) is 0 Å². The second-order valence-corrected chi connectivity index (χ2v) is 10.6. The van der Waals surface area contributed by atoms with Crippen LogP contribution >= 0.6 is 0 Å². The lowest BCUT2D eigenvalue weighted by atomic mass is 9.76. The number of ketones is 2. The number of halogens is 3. The van der Waals surface area contributed by atoms with Gasteiger partial charge in [0.1, 0.15) is 11.4 Å². The topological polar surface area (TPSA) is 82.7 Å². The van der Waals surface area contributed by atoms with E-state index in [2.05, 4.69) is 16.0 Å². The van der Waals surface area contributed by atoms with Gasteiger partial charge in [-0.3, -0.25) is 9.59 Å². The molecular weight excluding hydrogens is 509 g/mol. The quantitative estimate of drug-likeness (QED) is 0.432. The second kappa shape index (κ2) is 11.0. The Labute approximate surface area is 225 Å². The van der Waals surface area contributed by atoms with Gasteiger partial charge >= 0.3 is 6.18 Å². The molecule has 0 unspecified atom stereocenters. The van der Waals surface area contributed by atoms with Crippen molar-refractivity contribution in [2.75, 3.05) is 39.0 Å². The molecule has 2 aromatic rings. The number of alkyl halides is 3. The number of nitrogens with zero attached hydrogens (tertiary/aromatic N) is 1. The summed E-state index contributed by atoms with van der Waals surface area (Å²) >= 11 is 0. The zero-order valence-electron chi connectivity index (χ0n) is 22.0. The number of ether oxygens (including phenoxy) is 1. The SMILES string of the molecule is CN(C)CCNC1=C(NC[C@H]2CC[C@@H]3[C@H](O2)c2cc(C(F)(F)F)ccc2N[C@H]3c2ccccc2)C(=O)CC1=O. The number of anilines is 1. The van der Waals surface area contributed by atoms with E-state index in [0.717, 1.165) is 18.1 Å². The summed E-state index contributed by atoms with van der Waals surface area (Å²) in [6.07, 6.45) is -4.16. The number of carbonyl (C=O) groups is 2. The highest BCUT2D eigenvalue weighted by molar-refractivity contribution is 6.21. The summed E-state index contributed by atoms with van der Waals surface area (Å²) in [7, 11) is 3.84. The molecule has 2 aromatic carbocycles. The summed E-state index contributed by atoms with van der Waals surface area (Å²) < 4.78 is 47.3. The smallest absolute Gasteiger partial charge is 0.379 e. The van der Waals surface area contributed by atoms with Gasteiger partial charge in [0, 0.05) is 36.8 Å². The zero-order valence-corrected chi connectivity index (χ0v) is 22.0. The Morgan fingerprint density at radius 1 is 1.00 bits per heavy atom. The van der Waals surface area contributed by atoms with Gasteiger partial charge in [-0.25, -0.2) is 0 Å². The van der Waals surface area contributed by atoms with Crippen LogP contribution in [0.3, 0.4) is 0 Å². The first-order valence-electron chi connectivity index (χ1n) is 13.2. The van der Waals surface area contributed by atoms with E-state index in [9.17, 15) is 22.8 Å². The molecule has 5 rings (SSSR count). The number of fused-ring (bicyclic) bond motifs is 3. The zero-order chi connectivity index (χ0) is 27.7. The highest BCUT2D eigenvalue weighted by Crippen LogP contribution is 2.51. The van der Waals surface area contributed by atoms with Crippen LogP contribution in [0.15, 0.2) is 59.9 Å². The molecule has 1 saturated heterocycles. The summed E-state index contributed by atoms with van der Waals surface area (Å²) in [5, 5.41) is 9.68. The van der Waals surface area contributed by atoms with E-state index in [1.807, 2.05) is 49.3 Å². The summed E-state index contributed by atoms with van der Waals surface area (Å²) in [6, 6.07) is 13.5. The maximum Gasteiger partial charge on any atom is 0.416 e. The van der Waals surface area contributed by atoms with Crippen LogP contribution < -0.4 is 16.0 Å². The number of hydrogen-bond donors (Lipinski definition) is 3. The van der Waals surface area contributed by atoms with Crippen molar-refractivity contribution >= 4 is 17.3 Å². The fraction of sp³-hybridized carbons (Fsp3) is 0.448. The fourth-order valence-corrected chi connectivity index (χ4v) is 5.67. The lowest BCUT2D eigenvalue weighted by molar-refractivity contribution is -0.138. The molecule has 208 valence electrons. The molecule has 0 spiro atoms. The van der Waals surface area contributed by atoms with E-state index in [0.29, 0.717) is 36.5 Å². The Hall–Kier alpha value is -3.37. The molecule has 2 aliphatic heterocycles. The van der Waals surface area contributed by atoms with Gasteiger partial charge in [0.05, 0.1) is 30.2 Å². The van der Waals surface area contributed by atoms with Crippen LogP contribution in [0, 0.1) is 5.92 Å². The van der Waals surface area contributed by atoms with Crippen molar-refractivity contribution in [2.45, 2.75) is 43.7 Å². The first-order valence-corrected chi connectivity index (χ1v) is 13.2. The molecule has 7 nitrogen and oxygen atoms in total. The molecule has 0 saturated carbocycles. The number of hydrogen-bond acceptors (Lipinski definition) is 7. The number of carbonyl (C=O) groups excluding carboxylic acids is 2. The van der Waals surface area contributed by atoms with Gasteiger partial charge in [0.2, 0.25) is 0 Å². The number of allylic oxidation sites excluding steroid dienone is 2. The molecule has 3 N–H and O–H groups in total. The molecule has 1 aliphatic carbocycles. The van der Waals surface area contributed by atoms with Crippen LogP contribution in [0.4, 0.5) is 18.9 Å². The summed E-state index contributed by atoms with van der Waals surface area (Å²) in [4.78, 5) is 26.9. The Balaban J connectivity index is 1.37. The van der Waals surface area contributed by atoms with Crippen molar-refractivity contribution in [2.24, 2.45) is 5.92 Å². The third-order valence-electron chi connectivity index (χ3n) is 7.63. The number of rotatable bonds is 8. The van der Waals surface area contributed by atoms with Crippen molar-refractivity contribution in [1.82, 2.24) is 15.5 Å². The summed E-state index contributed by atoms with van der Waals surface area (Å²) in [5.74, 6) is -0.590. The van der Waals surface area contributed by atoms with Gasteiger partial charge < -0.3 is 25.6 Å². The number of likely N-dealkylation sites (N-methyl/N-ethyl adjacent to an activating group) is 1. The van der Waals surface area contributed by atoms with Crippen LogP contribution in [0.25, 0.3) is 0 Å². The van der Waals surface area contributed by atoms with Gasteiger partial charge in [0.15, 0.2) is 11.6 Å². The fourth-order valence-electron chi connectivity index (χ4n) is 5.67. The molecule has 39 heavy (non-hydrogen) atoms. The first kappa shape index (κ1) is 27.2. The third-order valence-corrected chi connectivity index (χ3v) is 7.63. The van der Waals surface area contributed by atoms with E-state index in [4.69, 9.17) is 4.74 Å². The summed E-state index contributed by atoms with van der Waals surface area (Å²) in [6.45, 7) is 1.49. The van der Waals surface area contributed by atoms with Crippen LogP contribution in [0.1, 0.15) is 48.1 Å². The largest absolute Gasteiger partial charge is 0.416 e. The number of benzene rings is 2.